The highest BCUT2D eigenvalue weighted by Crippen LogP contribution is 2.47. The van der Waals surface area contributed by atoms with Crippen LogP contribution in [0.4, 0.5) is 11.4 Å². The van der Waals surface area contributed by atoms with Gasteiger partial charge in [0.2, 0.25) is 0 Å². The molecule has 2 fully saturated rings. The molecule has 1 saturated carbocycles. The minimum atomic E-state index is -1.11. The van der Waals surface area contributed by atoms with E-state index in [9.17, 15) is 19.7 Å². The first-order valence-corrected chi connectivity index (χ1v) is 8.22. The predicted octanol–water partition coefficient (Wildman–Crippen LogP) is 1.66. The first-order chi connectivity index (χ1) is 11.5. The monoisotopic (exact) mass is 330 g/mol. The van der Waals surface area contributed by atoms with Crippen LogP contribution in [0, 0.1) is 15.5 Å². The molecular weight excluding hydrogens is 312 g/mol. The smallest absolute Gasteiger partial charge is 0.269 e. The van der Waals surface area contributed by atoms with E-state index in [1.54, 1.807) is 6.07 Å². The number of rotatable bonds is 1. The number of ether oxygens (including phenoxy) is 1. The van der Waals surface area contributed by atoms with Gasteiger partial charge >= 0.3 is 0 Å². The second-order valence-corrected chi connectivity index (χ2v) is 6.70. The number of nitro groups is 1. The van der Waals surface area contributed by atoms with E-state index in [1.165, 1.54) is 12.1 Å². The molecular formula is C17H18N2O5. The first-order valence-electron chi connectivity index (χ1n) is 8.22. The third-order valence-corrected chi connectivity index (χ3v) is 5.55. The number of morpholine rings is 1. The summed E-state index contributed by atoms with van der Waals surface area (Å²) < 4.78 is 5.59. The van der Waals surface area contributed by atoms with Gasteiger partial charge in [0.1, 0.15) is 17.0 Å². The quantitative estimate of drug-likeness (QED) is 0.442. The van der Waals surface area contributed by atoms with Crippen LogP contribution in [0.2, 0.25) is 0 Å². The lowest BCUT2D eigenvalue weighted by Gasteiger charge is -2.52. The molecule has 1 aliphatic carbocycles. The van der Waals surface area contributed by atoms with E-state index in [-0.39, 0.29) is 29.7 Å². The van der Waals surface area contributed by atoms with Crippen LogP contribution in [0.1, 0.15) is 24.8 Å². The average Bonchev–Trinajstić information content (AvgIpc) is 2.59. The van der Waals surface area contributed by atoms with Gasteiger partial charge in [0.25, 0.3) is 5.69 Å². The van der Waals surface area contributed by atoms with Crippen molar-refractivity contribution >= 4 is 22.9 Å². The average molecular weight is 330 g/mol. The standard InChI is InChI=1S/C17H18N2O5/c20-15-2-1-3-16(21)17(15)9-11-8-12(19(22)23)4-5-13(11)18-6-7-24-10-14(17)18/h4-5,8,14H,1-3,6-7,9-10H2/t14-/m1/s1. The summed E-state index contributed by atoms with van der Waals surface area (Å²) in [5, 5.41) is 11.1. The molecule has 0 bridgehead atoms. The molecule has 0 amide bonds. The largest absolute Gasteiger partial charge is 0.377 e. The minimum absolute atomic E-state index is 0.00804. The van der Waals surface area contributed by atoms with Crippen molar-refractivity contribution in [2.75, 3.05) is 24.7 Å². The van der Waals surface area contributed by atoms with Crippen LogP contribution in [0.15, 0.2) is 18.2 Å². The van der Waals surface area contributed by atoms with Crippen molar-refractivity contribution in [1.29, 1.82) is 0 Å². The van der Waals surface area contributed by atoms with Crippen LogP contribution >= 0.6 is 0 Å². The van der Waals surface area contributed by atoms with Gasteiger partial charge in [0, 0.05) is 37.2 Å². The zero-order chi connectivity index (χ0) is 16.9. The molecule has 4 rings (SSSR count). The SMILES string of the molecule is O=C1CCCC(=O)C12Cc1cc([N+](=O)[O-])ccc1N1CCOC[C@@H]12. The Bertz CT molecular complexity index is 728. The van der Waals surface area contributed by atoms with Crippen molar-refractivity contribution in [2.45, 2.75) is 31.7 Å². The highest BCUT2D eigenvalue weighted by Gasteiger charge is 2.57. The number of carbonyl (C=O) groups excluding carboxylic acids is 2. The number of fused-ring (bicyclic) bond motifs is 4. The Morgan fingerprint density at radius 2 is 2.00 bits per heavy atom. The van der Waals surface area contributed by atoms with Gasteiger partial charge < -0.3 is 9.64 Å². The van der Waals surface area contributed by atoms with Crippen LogP contribution in [0.25, 0.3) is 0 Å². The van der Waals surface area contributed by atoms with Gasteiger partial charge in [-0.15, -0.1) is 0 Å². The molecule has 24 heavy (non-hydrogen) atoms. The van der Waals surface area contributed by atoms with E-state index in [4.69, 9.17) is 4.74 Å². The number of nitrogens with zero attached hydrogens (tertiary/aromatic N) is 2. The number of Topliss-reactive ketones (excluding diaryl/α,β-unsaturated/α-hetero) is 2. The number of non-ortho nitro benzene ring substituents is 1. The summed E-state index contributed by atoms with van der Waals surface area (Å²) in [5.41, 5.74) is 0.476. The predicted molar refractivity (Wildman–Crippen MR) is 85.1 cm³/mol. The Balaban J connectivity index is 1.88. The second kappa shape index (κ2) is 5.37. The van der Waals surface area contributed by atoms with Crippen molar-refractivity contribution in [3.05, 3.63) is 33.9 Å². The molecule has 7 heteroatoms. The van der Waals surface area contributed by atoms with Crippen molar-refractivity contribution in [3.8, 4) is 0 Å². The molecule has 1 spiro atoms. The number of benzene rings is 1. The fourth-order valence-corrected chi connectivity index (χ4v) is 4.41. The van der Waals surface area contributed by atoms with Crippen LogP contribution in [-0.4, -0.2) is 42.3 Å². The molecule has 2 aliphatic heterocycles. The molecule has 3 aliphatic rings. The highest BCUT2D eigenvalue weighted by atomic mass is 16.6. The summed E-state index contributed by atoms with van der Waals surface area (Å²) in [5.74, 6) is -0.0900. The number of nitro benzene ring substituents is 1. The third kappa shape index (κ3) is 2.00. The maximum absolute atomic E-state index is 12.8. The Hall–Kier alpha value is -2.28. The molecule has 0 N–H and O–H groups in total. The Kier molecular flexibility index (Phi) is 3.42. The summed E-state index contributed by atoms with van der Waals surface area (Å²) in [4.78, 5) is 38.4. The van der Waals surface area contributed by atoms with Gasteiger partial charge in [0.15, 0.2) is 0 Å². The van der Waals surface area contributed by atoms with Gasteiger partial charge in [-0.25, -0.2) is 0 Å². The molecule has 1 aromatic carbocycles. The number of carbonyl (C=O) groups is 2. The molecule has 1 atom stereocenters. The lowest BCUT2D eigenvalue weighted by atomic mass is 9.61. The van der Waals surface area contributed by atoms with Gasteiger partial charge in [-0.2, -0.15) is 0 Å². The van der Waals surface area contributed by atoms with Gasteiger partial charge in [0.05, 0.1) is 24.2 Å². The van der Waals surface area contributed by atoms with Crippen molar-refractivity contribution < 1.29 is 19.2 Å². The molecule has 1 aromatic rings. The van der Waals surface area contributed by atoms with E-state index >= 15 is 0 Å². The lowest BCUT2D eigenvalue weighted by Crippen LogP contribution is -2.65. The van der Waals surface area contributed by atoms with Crippen molar-refractivity contribution in [3.63, 3.8) is 0 Å². The van der Waals surface area contributed by atoms with E-state index in [0.29, 0.717) is 44.6 Å². The molecule has 1 saturated heterocycles. The van der Waals surface area contributed by atoms with E-state index in [2.05, 4.69) is 0 Å². The topological polar surface area (TPSA) is 89.8 Å². The van der Waals surface area contributed by atoms with E-state index in [0.717, 1.165) is 5.69 Å². The first kappa shape index (κ1) is 15.3. The highest BCUT2D eigenvalue weighted by molar-refractivity contribution is 6.11. The number of hydrogen-bond donors (Lipinski definition) is 0. The summed E-state index contributed by atoms with van der Waals surface area (Å²) in [6, 6.07) is 4.42. The molecule has 0 unspecified atom stereocenters. The fourth-order valence-electron chi connectivity index (χ4n) is 4.41. The molecule has 0 aromatic heterocycles. The van der Waals surface area contributed by atoms with E-state index < -0.39 is 10.3 Å². The summed E-state index contributed by atoms with van der Waals surface area (Å²) in [6.45, 7) is 1.44. The zero-order valence-electron chi connectivity index (χ0n) is 13.2. The van der Waals surface area contributed by atoms with Crippen LogP contribution in [-0.2, 0) is 20.7 Å². The van der Waals surface area contributed by atoms with Crippen molar-refractivity contribution in [2.24, 2.45) is 5.41 Å². The zero-order valence-corrected chi connectivity index (χ0v) is 13.2. The van der Waals surface area contributed by atoms with Gasteiger partial charge in [-0.3, -0.25) is 19.7 Å². The molecule has 7 nitrogen and oxygen atoms in total. The number of ketones is 2. The maximum atomic E-state index is 12.8. The minimum Gasteiger partial charge on any atom is -0.377 e. The van der Waals surface area contributed by atoms with Crippen LogP contribution in [0.3, 0.4) is 0 Å². The second-order valence-electron chi connectivity index (χ2n) is 6.70. The molecule has 2 heterocycles. The van der Waals surface area contributed by atoms with Crippen LogP contribution < -0.4 is 4.90 Å². The van der Waals surface area contributed by atoms with Gasteiger partial charge in [-0.05, 0) is 24.5 Å². The van der Waals surface area contributed by atoms with E-state index in [1.807, 2.05) is 4.90 Å². The summed E-state index contributed by atoms with van der Waals surface area (Å²) >= 11 is 0. The Labute approximate surface area is 138 Å². The molecule has 126 valence electrons. The summed E-state index contributed by atoms with van der Waals surface area (Å²) in [7, 11) is 0. The van der Waals surface area contributed by atoms with Gasteiger partial charge in [-0.1, -0.05) is 0 Å². The maximum Gasteiger partial charge on any atom is 0.269 e. The lowest BCUT2D eigenvalue weighted by molar-refractivity contribution is -0.384. The number of anilines is 1. The molecule has 0 radical (unpaired) electrons. The third-order valence-electron chi connectivity index (χ3n) is 5.55. The van der Waals surface area contributed by atoms with Crippen molar-refractivity contribution in [1.82, 2.24) is 0 Å². The number of hydrogen-bond acceptors (Lipinski definition) is 6. The Morgan fingerprint density at radius 3 is 2.71 bits per heavy atom. The van der Waals surface area contributed by atoms with Crippen LogP contribution in [0.5, 0.6) is 0 Å². The fraction of sp³-hybridized carbons (Fsp3) is 0.529. The Morgan fingerprint density at radius 1 is 1.25 bits per heavy atom. The normalized spacial score (nSPS) is 25.3. The summed E-state index contributed by atoms with van der Waals surface area (Å²) in [6.07, 6.45) is 1.61.